The van der Waals surface area contributed by atoms with Crippen LogP contribution in [-0.4, -0.2) is 14.6 Å². The van der Waals surface area contributed by atoms with Crippen molar-refractivity contribution < 1.29 is 0 Å². The van der Waals surface area contributed by atoms with Crippen molar-refractivity contribution in [1.82, 2.24) is 14.6 Å². The molecule has 0 aliphatic carbocycles. The van der Waals surface area contributed by atoms with Gasteiger partial charge >= 0.3 is 0 Å². The molecule has 0 spiro atoms. The van der Waals surface area contributed by atoms with Crippen molar-refractivity contribution in [3.63, 3.8) is 0 Å². The molecule has 2 aromatic carbocycles. The monoisotopic (exact) mass is 353 g/mol. The van der Waals surface area contributed by atoms with Crippen LogP contribution in [0.2, 0.25) is 5.02 Å². The minimum atomic E-state index is 0.743. The average Bonchev–Trinajstić information content (AvgIpc) is 2.97. The number of aromatic nitrogens is 3. The summed E-state index contributed by atoms with van der Waals surface area (Å²) in [5, 5.41) is 11.5. The number of nitrogens with zero attached hydrogens (tertiary/aromatic N) is 3. The lowest BCUT2D eigenvalue weighted by Gasteiger charge is -2.08. The number of pyridine rings is 1. The average molecular weight is 354 g/mol. The Morgan fingerprint density at radius 1 is 1.00 bits per heavy atom. The number of rotatable bonds is 3. The Kier molecular flexibility index (Phi) is 3.94. The first-order valence-electron chi connectivity index (χ1n) is 7.75. The zero-order valence-corrected chi connectivity index (χ0v) is 15.0. The summed E-state index contributed by atoms with van der Waals surface area (Å²) < 4.78 is 2.11. The minimum absolute atomic E-state index is 0.743. The molecule has 0 fully saturated rings. The lowest BCUT2D eigenvalue weighted by Crippen LogP contribution is -1.94. The molecule has 2 aromatic heterocycles. The summed E-state index contributed by atoms with van der Waals surface area (Å²) in [6.45, 7) is 4.21. The highest BCUT2D eigenvalue weighted by Crippen LogP contribution is 2.29. The van der Waals surface area contributed by atoms with Crippen LogP contribution in [0.3, 0.4) is 0 Å². The van der Waals surface area contributed by atoms with Crippen LogP contribution in [0.15, 0.2) is 53.7 Å². The van der Waals surface area contributed by atoms with E-state index in [9.17, 15) is 0 Å². The van der Waals surface area contributed by atoms with Gasteiger partial charge in [0.1, 0.15) is 0 Å². The largest absolute Gasteiger partial charge is 0.270 e. The third-order valence-electron chi connectivity index (χ3n) is 4.25. The zero-order chi connectivity index (χ0) is 16.7. The quantitative estimate of drug-likeness (QED) is 0.459. The molecule has 0 saturated heterocycles. The molecular formula is C19H16ClN3S. The highest BCUT2D eigenvalue weighted by molar-refractivity contribution is 7.98. The number of halogens is 1. The number of fused-ring (bicyclic) bond motifs is 3. The Labute approximate surface area is 149 Å². The first-order chi connectivity index (χ1) is 11.6. The molecule has 120 valence electrons. The van der Waals surface area contributed by atoms with Gasteiger partial charge in [0.15, 0.2) is 10.8 Å². The molecule has 4 aromatic rings. The van der Waals surface area contributed by atoms with Gasteiger partial charge in [0.05, 0.1) is 5.52 Å². The predicted molar refractivity (Wildman–Crippen MR) is 101 cm³/mol. The smallest absolute Gasteiger partial charge is 0.196 e. The number of hydrogen-bond donors (Lipinski definition) is 0. The van der Waals surface area contributed by atoms with Crippen molar-refractivity contribution in [2.24, 2.45) is 0 Å². The molecule has 0 unspecified atom stereocenters. The molecule has 0 atom stereocenters. The van der Waals surface area contributed by atoms with Crippen LogP contribution in [0.5, 0.6) is 0 Å². The van der Waals surface area contributed by atoms with Gasteiger partial charge in [0, 0.05) is 16.2 Å². The molecule has 0 aliphatic rings. The maximum absolute atomic E-state index is 6.17. The Hall–Kier alpha value is -2.04. The van der Waals surface area contributed by atoms with Crippen LogP contribution in [-0.2, 0) is 5.75 Å². The molecular weight excluding hydrogens is 338 g/mol. The molecule has 3 nitrogen and oxygen atoms in total. The second kappa shape index (κ2) is 6.11. The Morgan fingerprint density at radius 3 is 2.67 bits per heavy atom. The molecule has 5 heteroatoms. The molecule has 0 amide bonds. The Bertz CT molecular complexity index is 1060. The zero-order valence-electron chi connectivity index (χ0n) is 13.5. The fraction of sp³-hybridized carbons (Fsp3) is 0.158. The van der Waals surface area contributed by atoms with Gasteiger partial charge in [-0.2, -0.15) is 0 Å². The van der Waals surface area contributed by atoms with Crippen molar-refractivity contribution in [3.8, 4) is 0 Å². The van der Waals surface area contributed by atoms with Crippen molar-refractivity contribution in [2.75, 3.05) is 0 Å². The minimum Gasteiger partial charge on any atom is -0.270 e. The molecule has 0 saturated carbocycles. The van der Waals surface area contributed by atoms with Crippen molar-refractivity contribution in [1.29, 1.82) is 0 Å². The van der Waals surface area contributed by atoms with Gasteiger partial charge in [-0.05, 0) is 54.8 Å². The highest BCUT2D eigenvalue weighted by Gasteiger charge is 2.12. The van der Waals surface area contributed by atoms with Gasteiger partial charge < -0.3 is 0 Å². The van der Waals surface area contributed by atoms with Crippen LogP contribution in [0.1, 0.15) is 16.7 Å². The number of aryl methyl sites for hydroxylation is 2. The van der Waals surface area contributed by atoms with E-state index in [4.69, 9.17) is 11.6 Å². The van der Waals surface area contributed by atoms with E-state index in [0.717, 1.165) is 38.0 Å². The summed E-state index contributed by atoms with van der Waals surface area (Å²) in [4.78, 5) is 0. The maximum atomic E-state index is 6.17. The summed E-state index contributed by atoms with van der Waals surface area (Å²) in [6.07, 6.45) is 0. The van der Waals surface area contributed by atoms with Crippen molar-refractivity contribution in [3.05, 3.63) is 70.2 Å². The standard InChI is InChI=1S/C19H16ClN3S/c1-12-5-3-4-6-14(12)11-24-19-22-21-18-9-13(2)16-10-15(20)7-8-17(16)23(18)19/h3-10H,11H2,1-2H3. The van der Waals surface area contributed by atoms with Crippen molar-refractivity contribution in [2.45, 2.75) is 24.8 Å². The summed E-state index contributed by atoms with van der Waals surface area (Å²) in [7, 11) is 0. The second-order valence-corrected chi connectivity index (χ2v) is 7.26. The number of benzene rings is 2. The van der Waals surface area contributed by atoms with E-state index in [-0.39, 0.29) is 0 Å². The summed E-state index contributed by atoms with van der Waals surface area (Å²) >= 11 is 7.87. The normalized spacial score (nSPS) is 11.5. The van der Waals surface area contributed by atoms with Crippen LogP contribution in [0.25, 0.3) is 16.6 Å². The first kappa shape index (κ1) is 15.5. The van der Waals surface area contributed by atoms with Crippen LogP contribution >= 0.6 is 23.4 Å². The molecule has 0 radical (unpaired) electrons. The first-order valence-corrected chi connectivity index (χ1v) is 9.11. The van der Waals surface area contributed by atoms with E-state index < -0.39 is 0 Å². The van der Waals surface area contributed by atoms with Gasteiger partial charge in [-0.25, -0.2) is 0 Å². The van der Waals surface area contributed by atoms with Gasteiger partial charge in [-0.1, -0.05) is 47.6 Å². The fourth-order valence-electron chi connectivity index (χ4n) is 2.90. The van der Waals surface area contributed by atoms with Crippen LogP contribution < -0.4 is 0 Å². The lowest BCUT2D eigenvalue weighted by molar-refractivity contribution is 0.939. The van der Waals surface area contributed by atoms with Gasteiger partial charge in [0.2, 0.25) is 0 Å². The van der Waals surface area contributed by atoms with Crippen LogP contribution in [0, 0.1) is 13.8 Å². The number of thioether (sulfide) groups is 1. The fourth-order valence-corrected chi connectivity index (χ4v) is 4.10. The number of hydrogen-bond acceptors (Lipinski definition) is 3. The van der Waals surface area contributed by atoms with E-state index in [1.54, 1.807) is 11.8 Å². The SMILES string of the molecule is Cc1ccccc1CSc1nnc2cc(C)c3cc(Cl)ccc3n12. The third-order valence-corrected chi connectivity index (χ3v) is 5.46. The van der Waals surface area contributed by atoms with E-state index in [0.29, 0.717) is 0 Å². The Morgan fingerprint density at radius 2 is 1.83 bits per heavy atom. The summed E-state index contributed by atoms with van der Waals surface area (Å²) in [5.74, 6) is 0.871. The lowest BCUT2D eigenvalue weighted by atomic mass is 10.1. The molecule has 0 bridgehead atoms. The van der Waals surface area contributed by atoms with E-state index in [1.165, 1.54) is 11.1 Å². The van der Waals surface area contributed by atoms with Crippen molar-refractivity contribution >= 4 is 39.9 Å². The molecule has 0 N–H and O–H groups in total. The molecule has 24 heavy (non-hydrogen) atoms. The van der Waals surface area contributed by atoms with Crippen LogP contribution in [0.4, 0.5) is 0 Å². The van der Waals surface area contributed by atoms with Gasteiger partial charge in [0.25, 0.3) is 0 Å². The molecule has 4 rings (SSSR count). The van der Waals surface area contributed by atoms with E-state index in [1.807, 2.05) is 18.2 Å². The predicted octanol–water partition coefficient (Wildman–Crippen LogP) is 5.45. The van der Waals surface area contributed by atoms with Gasteiger partial charge in [-0.3, -0.25) is 4.40 Å². The highest BCUT2D eigenvalue weighted by atomic mass is 35.5. The third kappa shape index (κ3) is 2.66. The second-order valence-electron chi connectivity index (χ2n) is 5.88. The topological polar surface area (TPSA) is 30.2 Å². The maximum Gasteiger partial charge on any atom is 0.196 e. The summed E-state index contributed by atoms with van der Waals surface area (Å²) in [5.41, 5.74) is 5.73. The molecule has 2 heterocycles. The summed E-state index contributed by atoms with van der Waals surface area (Å²) in [6, 6.07) is 16.5. The van der Waals surface area contributed by atoms with E-state index >= 15 is 0 Å². The molecule has 0 aliphatic heterocycles. The van der Waals surface area contributed by atoms with Gasteiger partial charge in [-0.15, -0.1) is 10.2 Å². The Balaban J connectivity index is 1.80. The van der Waals surface area contributed by atoms with E-state index in [2.05, 4.69) is 58.8 Å².